The van der Waals surface area contributed by atoms with Gasteiger partial charge in [-0.05, 0) is 75.9 Å². The van der Waals surface area contributed by atoms with Crippen LogP contribution in [0.5, 0.6) is 11.8 Å². The first-order chi connectivity index (χ1) is 19.9. The number of carbonyl (C=O) groups is 1. The largest absolute Gasteiger partial charge is 0.491 e. The Morgan fingerprint density at radius 3 is 2.79 bits per heavy atom. The molecule has 5 heterocycles. The van der Waals surface area contributed by atoms with E-state index >= 15 is 4.39 Å². The van der Waals surface area contributed by atoms with Crippen LogP contribution in [-0.2, 0) is 4.74 Å². The van der Waals surface area contributed by atoms with Gasteiger partial charge in [-0.3, -0.25) is 4.90 Å². The second kappa shape index (κ2) is 11.1. The second-order valence-corrected chi connectivity index (χ2v) is 14.0. The van der Waals surface area contributed by atoms with Crippen molar-refractivity contribution in [3.8, 4) is 11.8 Å². The molecule has 0 saturated carbocycles. The first-order valence-corrected chi connectivity index (χ1v) is 15.8. The van der Waals surface area contributed by atoms with Crippen LogP contribution in [-0.4, -0.2) is 94.6 Å². The summed E-state index contributed by atoms with van der Waals surface area (Å²) in [5.41, 5.74) is -1.00. The molecule has 0 spiro atoms. The van der Waals surface area contributed by atoms with E-state index in [4.69, 9.17) is 30.8 Å². The summed E-state index contributed by atoms with van der Waals surface area (Å²) in [6.07, 6.45) is 2.25. The Bertz CT molecular complexity index is 1400. The summed E-state index contributed by atoms with van der Waals surface area (Å²) in [6.45, 7) is 10.4. The molecule has 4 atom stereocenters. The zero-order valence-electron chi connectivity index (χ0n) is 24.4. The topological polar surface area (TPSA) is 80.3 Å². The normalized spacial score (nSPS) is 28.0. The summed E-state index contributed by atoms with van der Waals surface area (Å²) in [7, 11) is 0. The van der Waals surface area contributed by atoms with Gasteiger partial charge in [0.25, 0.3) is 0 Å². The number of halogens is 4. The van der Waals surface area contributed by atoms with Crippen LogP contribution < -0.4 is 14.4 Å². The van der Waals surface area contributed by atoms with Crippen molar-refractivity contribution in [1.29, 1.82) is 0 Å². The van der Waals surface area contributed by atoms with Gasteiger partial charge in [0.05, 0.1) is 34.1 Å². The van der Waals surface area contributed by atoms with E-state index in [0.717, 1.165) is 19.4 Å². The summed E-state index contributed by atoms with van der Waals surface area (Å²) >= 11 is 9.88. The van der Waals surface area contributed by atoms with Crippen LogP contribution in [0.3, 0.4) is 0 Å². The van der Waals surface area contributed by atoms with Gasteiger partial charge >= 0.3 is 12.1 Å². The van der Waals surface area contributed by atoms with E-state index in [1.54, 1.807) is 4.90 Å². The van der Waals surface area contributed by atoms with Gasteiger partial charge < -0.3 is 24.0 Å². The minimum Gasteiger partial charge on any atom is -0.491 e. The molecule has 0 N–H and O–H groups in total. The predicted molar refractivity (Wildman–Crippen MR) is 159 cm³/mol. The minimum absolute atomic E-state index is 0.0142. The van der Waals surface area contributed by atoms with Crippen molar-refractivity contribution in [2.45, 2.75) is 89.2 Å². The Balaban J connectivity index is 1.40. The highest BCUT2D eigenvalue weighted by Gasteiger charge is 2.49. The molecule has 3 saturated heterocycles. The van der Waals surface area contributed by atoms with Gasteiger partial charge in [-0.25, -0.2) is 13.6 Å². The van der Waals surface area contributed by atoms with E-state index in [9.17, 15) is 9.18 Å². The molecule has 3 fully saturated rings. The smallest absolute Gasteiger partial charge is 0.410 e. The van der Waals surface area contributed by atoms with Gasteiger partial charge in [-0.2, -0.15) is 9.97 Å². The number of nitrogens with zero attached hydrogens (tertiary/aromatic N) is 5. The van der Waals surface area contributed by atoms with Gasteiger partial charge in [0.2, 0.25) is 0 Å². The van der Waals surface area contributed by atoms with Gasteiger partial charge in [0, 0.05) is 26.1 Å². The Hall–Kier alpha value is -2.18. The Kier molecular flexibility index (Phi) is 7.87. The molecule has 0 bridgehead atoms. The van der Waals surface area contributed by atoms with Crippen molar-refractivity contribution in [1.82, 2.24) is 19.8 Å². The number of hydrogen-bond donors (Lipinski definition) is 0. The van der Waals surface area contributed by atoms with Crippen molar-refractivity contribution in [3.63, 3.8) is 0 Å². The molecule has 0 unspecified atom stereocenters. The van der Waals surface area contributed by atoms with E-state index in [1.165, 1.54) is 0 Å². The number of carbonyl (C=O) groups excluding carboxylic acids is 1. The van der Waals surface area contributed by atoms with Crippen LogP contribution in [0.1, 0.15) is 59.8 Å². The molecule has 6 rings (SSSR count). The molecule has 4 aliphatic rings. The maximum atomic E-state index is 15.8. The third-order valence-electron chi connectivity index (χ3n) is 8.92. The van der Waals surface area contributed by atoms with Gasteiger partial charge in [-0.15, -0.1) is 0 Å². The predicted octanol–water partition coefficient (Wildman–Crippen LogP) is 6.13. The molecule has 4 aliphatic heterocycles. The van der Waals surface area contributed by atoms with Crippen LogP contribution in [0.2, 0.25) is 5.02 Å². The van der Waals surface area contributed by atoms with Crippen LogP contribution in [0.15, 0.2) is 4.47 Å². The SMILES string of the molecule is C[C@@H]1[C@H](N2CCCOc3c(Cl)c(Br)c(F)c4nc(OC[C@@]56CCCN5C[C@H](F)C6)nc2c34)CCN1C(=O)OC(C)(C)C. The maximum Gasteiger partial charge on any atom is 0.410 e. The zero-order valence-corrected chi connectivity index (χ0v) is 26.7. The molecular weight excluding hydrogens is 636 g/mol. The highest BCUT2D eigenvalue weighted by molar-refractivity contribution is 9.10. The van der Waals surface area contributed by atoms with E-state index in [0.29, 0.717) is 62.5 Å². The van der Waals surface area contributed by atoms with Crippen molar-refractivity contribution in [2.24, 2.45) is 0 Å². The molecule has 9 nitrogen and oxygen atoms in total. The number of likely N-dealkylation sites (tertiary alicyclic amines) is 1. The summed E-state index contributed by atoms with van der Waals surface area (Å²) in [4.78, 5) is 28.4. The first-order valence-electron chi connectivity index (χ1n) is 14.7. The molecule has 13 heteroatoms. The number of rotatable bonds is 4. The number of amides is 1. The van der Waals surface area contributed by atoms with E-state index in [-0.39, 0.29) is 45.8 Å². The van der Waals surface area contributed by atoms with Crippen molar-refractivity contribution in [2.75, 3.05) is 44.3 Å². The number of benzene rings is 1. The third-order valence-corrected chi connectivity index (χ3v) is 10.3. The fraction of sp³-hybridized carbons (Fsp3) is 0.690. The average molecular weight is 673 g/mol. The van der Waals surface area contributed by atoms with Crippen LogP contribution >= 0.6 is 27.5 Å². The number of hydrogen-bond acceptors (Lipinski definition) is 8. The standard InChI is InChI=1S/C29H37BrClF2N5O4/c1-16-18(7-11-37(16)27(39)42-28(2,3)4)38-10-6-12-40-24-19-23(22(33)20(30)21(24)31)34-26(35-25(19)38)41-15-29-8-5-9-36(29)14-17(32)13-29/h16-18H,5-15H2,1-4H3/t16-,17-,18-,29+/m1/s1. The number of anilines is 1. The lowest BCUT2D eigenvalue weighted by Gasteiger charge is -2.37. The fourth-order valence-electron chi connectivity index (χ4n) is 7.02. The average Bonchev–Trinajstić information content (AvgIpc) is 3.57. The minimum atomic E-state index is -0.901. The van der Waals surface area contributed by atoms with Crippen molar-refractivity contribution in [3.05, 3.63) is 15.3 Å². The Morgan fingerprint density at radius 1 is 1.24 bits per heavy atom. The quantitative estimate of drug-likeness (QED) is 0.360. The second-order valence-electron chi connectivity index (χ2n) is 12.9. The summed E-state index contributed by atoms with van der Waals surface area (Å²) < 4.78 is 48.2. The molecule has 1 aromatic carbocycles. The van der Waals surface area contributed by atoms with E-state index in [2.05, 4.69) is 30.7 Å². The lowest BCUT2D eigenvalue weighted by molar-refractivity contribution is 0.0232. The number of aromatic nitrogens is 2. The van der Waals surface area contributed by atoms with Gasteiger partial charge in [0.15, 0.2) is 11.6 Å². The molecule has 1 amide bonds. The van der Waals surface area contributed by atoms with Gasteiger partial charge in [0.1, 0.15) is 34.7 Å². The Morgan fingerprint density at radius 2 is 2.02 bits per heavy atom. The van der Waals surface area contributed by atoms with Crippen LogP contribution in [0.4, 0.5) is 19.4 Å². The number of fused-ring (bicyclic) bond motifs is 1. The highest BCUT2D eigenvalue weighted by Crippen LogP contribution is 2.47. The number of ether oxygens (including phenoxy) is 3. The lowest BCUT2D eigenvalue weighted by Crippen LogP contribution is -2.48. The first kappa shape index (κ1) is 29.9. The maximum absolute atomic E-state index is 15.8. The fourth-order valence-corrected chi connectivity index (χ4v) is 7.62. The molecule has 230 valence electrons. The molecule has 1 aromatic heterocycles. The lowest BCUT2D eigenvalue weighted by atomic mass is 9.95. The van der Waals surface area contributed by atoms with E-state index in [1.807, 2.05) is 27.7 Å². The van der Waals surface area contributed by atoms with Crippen molar-refractivity contribution >= 4 is 50.3 Å². The zero-order chi connectivity index (χ0) is 30.0. The highest BCUT2D eigenvalue weighted by atomic mass is 79.9. The molecule has 0 radical (unpaired) electrons. The Labute approximate surface area is 257 Å². The molecular formula is C29H37BrClF2N5O4. The molecule has 2 aromatic rings. The summed E-state index contributed by atoms with van der Waals surface area (Å²) in [5.74, 6) is 0.102. The monoisotopic (exact) mass is 671 g/mol. The summed E-state index contributed by atoms with van der Waals surface area (Å²) in [6, 6.07) is -0.328. The van der Waals surface area contributed by atoms with Crippen LogP contribution in [0, 0.1) is 5.82 Å². The summed E-state index contributed by atoms with van der Waals surface area (Å²) in [5, 5.41) is 0.469. The van der Waals surface area contributed by atoms with E-state index < -0.39 is 23.1 Å². The molecule has 42 heavy (non-hydrogen) atoms. The van der Waals surface area contributed by atoms with Gasteiger partial charge in [-0.1, -0.05) is 11.6 Å². The van der Waals surface area contributed by atoms with Crippen molar-refractivity contribution < 1.29 is 27.8 Å². The van der Waals surface area contributed by atoms with Crippen LogP contribution in [0.25, 0.3) is 10.9 Å². The third kappa shape index (κ3) is 5.25. The number of alkyl halides is 1. The molecule has 0 aliphatic carbocycles.